The normalized spacial score (nSPS) is 10.8. The SMILES string of the molecule is CN(C)C(=O)c1ccc(-c2cc3cnc(Nc4ccc(Oc5ccccc5)cc4)cc3[nH]2)cc1. The number of rotatable bonds is 6. The maximum atomic E-state index is 12.1. The molecule has 168 valence electrons. The fraction of sp³-hybridized carbons (Fsp3) is 0.0714. The average molecular weight is 449 g/mol. The first-order chi connectivity index (χ1) is 16.5. The topological polar surface area (TPSA) is 70.2 Å². The molecule has 2 N–H and O–H groups in total. The fourth-order valence-corrected chi connectivity index (χ4v) is 3.68. The van der Waals surface area contributed by atoms with Gasteiger partial charge in [-0.25, -0.2) is 4.98 Å². The summed E-state index contributed by atoms with van der Waals surface area (Å²) in [6.07, 6.45) is 1.84. The number of carbonyl (C=O) groups excluding carboxylic acids is 1. The minimum atomic E-state index is -0.0113. The number of aromatic amines is 1. The van der Waals surface area contributed by atoms with Crippen molar-refractivity contribution in [1.82, 2.24) is 14.9 Å². The second-order valence-corrected chi connectivity index (χ2v) is 8.18. The molecule has 0 fully saturated rings. The van der Waals surface area contributed by atoms with Crippen LogP contribution in [0.5, 0.6) is 11.5 Å². The Morgan fingerprint density at radius 3 is 2.29 bits per heavy atom. The molecule has 5 rings (SSSR count). The molecule has 2 heterocycles. The number of fused-ring (bicyclic) bond motifs is 1. The van der Waals surface area contributed by atoms with Gasteiger partial charge >= 0.3 is 0 Å². The Morgan fingerprint density at radius 2 is 1.59 bits per heavy atom. The van der Waals surface area contributed by atoms with Crippen molar-refractivity contribution in [2.45, 2.75) is 0 Å². The lowest BCUT2D eigenvalue weighted by molar-refractivity contribution is 0.0827. The molecular formula is C28H24N4O2. The highest BCUT2D eigenvalue weighted by Crippen LogP contribution is 2.28. The summed E-state index contributed by atoms with van der Waals surface area (Å²) in [6, 6.07) is 29.1. The molecule has 0 atom stereocenters. The van der Waals surface area contributed by atoms with Crippen LogP contribution in [0.15, 0.2) is 97.2 Å². The zero-order valence-corrected chi connectivity index (χ0v) is 18.9. The third-order valence-electron chi connectivity index (χ3n) is 5.46. The Bertz CT molecular complexity index is 1420. The van der Waals surface area contributed by atoms with Crippen molar-refractivity contribution in [2.24, 2.45) is 0 Å². The van der Waals surface area contributed by atoms with Gasteiger partial charge in [-0.2, -0.15) is 0 Å². The molecule has 0 aliphatic carbocycles. The van der Waals surface area contributed by atoms with E-state index in [4.69, 9.17) is 4.74 Å². The molecule has 0 saturated heterocycles. The van der Waals surface area contributed by atoms with Gasteiger partial charge in [0.25, 0.3) is 5.91 Å². The Labute approximate surface area is 197 Å². The van der Waals surface area contributed by atoms with Crippen LogP contribution in [0.2, 0.25) is 0 Å². The van der Waals surface area contributed by atoms with E-state index in [9.17, 15) is 4.79 Å². The molecule has 0 radical (unpaired) electrons. The summed E-state index contributed by atoms with van der Waals surface area (Å²) >= 11 is 0. The zero-order chi connectivity index (χ0) is 23.5. The summed E-state index contributed by atoms with van der Waals surface area (Å²) in [5.41, 5.74) is 4.54. The average Bonchev–Trinajstić information content (AvgIpc) is 3.29. The highest BCUT2D eigenvalue weighted by Gasteiger charge is 2.10. The Kier molecular flexibility index (Phi) is 5.70. The van der Waals surface area contributed by atoms with Crippen LogP contribution in [0.3, 0.4) is 0 Å². The predicted octanol–water partition coefficient (Wildman–Crippen LogP) is 6.47. The summed E-state index contributed by atoms with van der Waals surface area (Å²) in [7, 11) is 3.50. The first-order valence-electron chi connectivity index (χ1n) is 11.0. The first-order valence-corrected chi connectivity index (χ1v) is 11.0. The number of carbonyl (C=O) groups is 1. The van der Waals surface area contributed by atoms with Crippen LogP contribution in [0.4, 0.5) is 11.5 Å². The van der Waals surface area contributed by atoms with Crippen molar-refractivity contribution in [1.29, 1.82) is 0 Å². The minimum Gasteiger partial charge on any atom is -0.457 e. The molecule has 2 aromatic heterocycles. The Balaban J connectivity index is 1.30. The van der Waals surface area contributed by atoms with Gasteiger partial charge in [0.1, 0.15) is 17.3 Å². The van der Waals surface area contributed by atoms with Crippen molar-refractivity contribution in [2.75, 3.05) is 19.4 Å². The van der Waals surface area contributed by atoms with E-state index < -0.39 is 0 Å². The monoisotopic (exact) mass is 448 g/mol. The number of para-hydroxylation sites is 1. The van der Waals surface area contributed by atoms with Crippen LogP contribution in [0.1, 0.15) is 10.4 Å². The van der Waals surface area contributed by atoms with Crippen LogP contribution >= 0.6 is 0 Å². The predicted molar refractivity (Wildman–Crippen MR) is 136 cm³/mol. The number of pyridine rings is 1. The molecule has 6 nitrogen and oxygen atoms in total. The Hall–Kier alpha value is -4.58. The van der Waals surface area contributed by atoms with Gasteiger partial charge in [0.05, 0.1) is 5.52 Å². The third-order valence-corrected chi connectivity index (χ3v) is 5.46. The summed E-state index contributed by atoms with van der Waals surface area (Å²) < 4.78 is 5.85. The highest BCUT2D eigenvalue weighted by atomic mass is 16.5. The van der Waals surface area contributed by atoms with Gasteiger partial charge in [0, 0.05) is 48.7 Å². The second kappa shape index (κ2) is 9.11. The van der Waals surface area contributed by atoms with E-state index in [1.807, 2.05) is 91.1 Å². The number of benzene rings is 3. The minimum absolute atomic E-state index is 0.0113. The number of amides is 1. The van der Waals surface area contributed by atoms with E-state index in [-0.39, 0.29) is 5.91 Å². The number of anilines is 2. The summed E-state index contributed by atoms with van der Waals surface area (Å²) in [5.74, 6) is 2.30. The lowest BCUT2D eigenvalue weighted by Crippen LogP contribution is -2.21. The molecule has 3 aromatic carbocycles. The molecule has 1 amide bonds. The Morgan fingerprint density at radius 1 is 0.882 bits per heavy atom. The van der Waals surface area contributed by atoms with Gasteiger partial charge in [-0.3, -0.25) is 4.79 Å². The standard InChI is InChI=1S/C28H24N4O2/c1-32(2)28(33)20-10-8-19(9-11-20)25-16-21-18-29-27(17-26(21)31-25)30-22-12-14-24(15-13-22)34-23-6-4-3-5-7-23/h3-18,31H,1-2H3,(H,29,30). The molecule has 0 spiro atoms. The zero-order valence-electron chi connectivity index (χ0n) is 18.9. The van der Waals surface area contributed by atoms with E-state index in [2.05, 4.69) is 21.4 Å². The van der Waals surface area contributed by atoms with Gasteiger partial charge in [-0.15, -0.1) is 0 Å². The van der Waals surface area contributed by atoms with E-state index >= 15 is 0 Å². The number of hydrogen-bond donors (Lipinski definition) is 2. The number of nitrogens with one attached hydrogen (secondary N) is 2. The fourth-order valence-electron chi connectivity index (χ4n) is 3.68. The van der Waals surface area contributed by atoms with Crippen LogP contribution < -0.4 is 10.1 Å². The van der Waals surface area contributed by atoms with Crippen LogP contribution in [-0.4, -0.2) is 34.9 Å². The summed E-state index contributed by atoms with van der Waals surface area (Å²) in [6.45, 7) is 0. The van der Waals surface area contributed by atoms with Crippen LogP contribution in [0, 0.1) is 0 Å². The van der Waals surface area contributed by atoms with Crippen molar-refractivity contribution >= 4 is 28.3 Å². The quantitative estimate of drug-likeness (QED) is 0.312. The highest BCUT2D eigenvalue weighted by molar-refractivity contribution is 5.94. The lowest BCUT2D eigenvalue weighted by atomic mass is 10.1. The second-order valence-electron chi connectivity index (χ2n) is 8.18. The van der Waals surface area contributed by atoms with Crippen LogP contribution in [0.25, 0.3) is 22.2 Å². The van der Waals surface area contributed by atoms with E-state index in [0.717, 1.165) is 45.2 Å². The number of hydrogen-bond acceptors (Lipinski definition) is 4. The van der Waals surface area contributed by atoms with Crippen LogP contribution in [-0.2, 0) is 0 Å². The maximum absolute atomic E-state index is 12.1. The van der Waals surface area contributed by atoms with Gasteiger partial charge in [-0.1, -0.05) is 30.3 Å². The number of ether oxygens (including phenoxy) is 1. The number of nitrogens with zero attached hydrogens (tertiary/aromatic N) is 2. The molecule has 0 saturated carbocycles. The largest absolute Gasteiger partial charge is 0.457 e. The molecule has 34 heavy (non-hydrogen) atoms. The van der Waals surface area contributed by atoms with E-state index in [1.54, 1.807) is 19.0 Å². The van der Waals surface area contributed by atoms with Gasteiger partial charge in [0.2, 0.25) is 0 Å². The molecule has 0 aliphatic heterocycles. The molecule has 0 bridgehead atoms. The number of aromatic nitrogens is 2. The van der Waals surface area contributed by atoms with E-state index in [0.29, 0.717) is 5.56 Å². The molecule has 0 aliphatic rings. The van der Waals surface area contributed by atoms with Gasteiger partial charge < -0.3 is 19.9 Å². The van der Waals surface area contributed by atoms with Gasteiger partial charge in [-0.05, 0) is 60.2 Å². The van der Waals surface area contributed by atoms with E-state index in [1.165, 1.54) is 0 Å². The molecule has 0 unspecified atom stereocenters. The first kappa shape index (κ1) is 21.3. The smallest absolute Gasteiger partial charge is 0.253 e. The molecule has 5 aromatic rings. The van der Waals surface area contributed by atoms with Crippen molar-refractivity contribution in [3.63, 3.8) is 0 Å². The summed E-state index contributed by atoms with van der Waals surface area (Å²) in [5, 5.41) is 4.35. The third kappa shape index (κ3) is 4.61. The lowest BCUT2D eigenvalue weighted by Gasteiger charge is -2.10. The van der Waals surface area contributed by atoms with Gasteiger partial charge in [0.15, 0.2) is 0 Å². The van der Waals surface area contributed by atoms with Crippen molar-refractivity contribution < 1.29 is 9.53 Å². The van der Waals surface area contributed by atoms with Crippen molar-refractivity contribution in [3.8, 4) is 22.8 Å². The summed E-state index contributed by atoms with van der Waals surface area (Å²) in [4.78, 5) is 21.7. The molecular weight excluding hydrogens is 424 g/mol. The van der Waals surface area contributed by atoms with Crippen molar-refractivity contribution in [3.05, 3.63) is 103 Å². The maximum Gasteiger partial charge on any atom is 0.253 e. The molecule has 6 heteroatoms. The number of H-pyrrole nitrogens is 1.